The van der Waals surface area contributed by atoms with Crippen LogP contribution in [-0.4, -0.2) is 24.0 Å². The summed E-state index contributed by atoms with van der Waals surface area (Å²) in [6, 6.07) is 11.3. The number of aromatic nitrogens is 1. The molecule has 28 heavy (non-hydrogen) atoms. The van der Waals surface area contributed by atoms with Gasteiger partial charge in [0.15, 0.2) is 9.84 Å². The van der Waals surface area contributed by atoms with Crippen molar-refractivity contribution in [2.24, 2.45) is 4.99 Å². The van der Waals surface area contributed by atoms with Gasteiger partial charge in [-0.15, -0.1) is 0 Å². The lowest BCUT2D eigenvalue weighted by molar-refractivity contribution is 0.560. The number of halogens is 1. The van der Waals surface area contributed by atoms with Gasteiger partial charge in [0.25, 0.3) is 0 Å². The van der Waals surface area contributed by atoms with E-state index in [0.717, 1.165) is 5.56 Å². The number of pyridine rings is 1. The molecule has 0 fully saturated rings. The molecule has 2 heterocycles. The van der Waals surface area contributed by atoms with E-state index in [4.69, 9.17) is 0 Å². The third kappa shape index (κ3) is 3.05. The smallest absolute Gasteiger partial charge is 0.183 e. The minimum Gasteiger partial charge on any atom is -0.339 e. The van der Waals surface area contributed by atoms with Crippen molar-refractivity contribution in [3.05, 3.63) is 65.6 Å². The van der Waals surface area contributed by atoms with Gasteiger partial charge in [-0.3, -0.25) is 9.98 Å². The first kappa shape index (κ1) is 18.6. The molecule has 1 N–H and O–H groups in total. The summed E-state index contributed by atoms with van der Waals surface area (Å²) >= 11 is 0. The molecule has 1 aliphatic rings. The molecule has 0 radical (unpaired) electrons. The van der Waals surface area contributed by atoms with E-state index < -0.39 is 14.6 Å². The number of fused-ring (bicyclic) bond motifs is 2. The zero-order chi connectivity index (χ0) is 20.1. The number of benzene rings is 2. The van der Waals surface area contributed by atoms with Gasteiger partial charge < -0.3 is 5.32 Å². The van der Waals surface area contributed by atoms with Gasteiger partial charge in [-0.2, -0.15) is 0 Å². The first-order chi connectivity index (χ1) is 13.2. The number of anilines is 1. The summed E-state index contributed by atoms with van der Waals surface area (Å²) in [5.41, 5.74) is 2.99. The highest BCUT2D eigenvalue weighted by Gasteiger charge is 2.31. The maximum absolute atomic E-state index is 13.7. The maximum Gasteiger partial charge on any atom is 0.183 e. The Morgan fingerprint density at radius 3 is 2.61 bits per heavy atom. The normalized spacial score (nSPS) is 14.1. The number of hydrogen-bond donors (Lipinski definition) is 1. The Balaban J connectivity index is 1.79. The lowest BCUT2D eigenvalue weighted by Crippen LogP contribution is -2.27. The molecule has 0 saturated carbocycles. The minimum atomic E-state index is -3.50. The largest absolute Gasteiger partial charge is 0.339 e. The van der Waals surface area contributed by atoms with Crippen LogP contribution in [0.4, 0.5) is 10.1 Å². The molecule has 144 valence electrons. The summed E-state index contributed by atoms with van der Waals surface area (Å²) in [6.45, 7) is 5.50. The number of amidine groups is 1. The second kappa shape index (κ2) is 6.38. The first-order valence-corrected chi connectivity index (χ1v) is 10.4. The van der Waals surface area contributed by atoms with Crippen LogP contribution < -0.4 is 5.32 Å². The molecule has 5 nitrogen and oxygen atoms in total. The van der Waals surface area contributed by atoms with Gasteiger partial charge in [0.2, 0.25) is 0 Å². The predicted octanol–water partition coefficient (Wildman–Crippen LogP) is 4.32. The Bertz CT molecular complexity index is 1230. The van der Waals surface area contributed by atoms with Crippen molar-refractivity contribution in [1.82, 2.24) is 4.98 Å². The molecule has 1 aliphatic heterocycles. The number of nitrogens with zero attached hydrogens (tertiary/aromatic N) is 2. The standard InChI is InChI=1S/C21H20FN3O2S/c1-21(2,3)28(26,27)15-6-7-18-17(11-15)19(8-9-23-18)25-20-16-10-14(22)5-4-13(16)12-24-20/h4-11H,12H2,1-3H3,(H,23,24,25). The van der Waals surface area contributed by atoms with Crippen LogP contribution in [0, 0.1) is 5.82 Å². The quantitative estimate of drug-likeness (QED) is 0.699. The average molecular weight is 397 g/mol. The number of hydrogen-bond acceptors (Lipinski definition) is 5. The topological polar surface area (TPSA) is 71.4 Å². The van der Waals surface area contributed by atoms with Gasteiger partial charge in [0.1, 0.15) is 11.7 Å². The van der Waals surface area contributed by atoms with E-state index in [1.54, 1.807) is 57.3 Å². The number of nitrogens with one attached hydrogen (secondary N) is 1. The Morgan fingerprint density at radius 1 is 1.07 bits per heavy atom. The third-order valence-electron chi connectivity index (χ3n) is 4.82. The molecule has 0 aliphatic carbocycles. The highest BCUT2D eigenvalue weighted by molar-refractivity contribution is 7.92. The van der Waals surface area contributed by atoms with E-state index in [2.05, 4.69) is 15.3 Å². The van der Waals surface area contributed by atoms with Crippen molar-refractivity contribution in [2.45, 2.75) is 37.0 Å². The van der Waals surface area contributed by atoms with Crippen molar-refractivity contribution in [2.75, 3.05) is 5.32 Å². The molecule has 1 aromatic heterocycles. The second-order valence-electron chi connectivity index (χ2n) is 7.74. The van der Waals surface area contributed by atoms with Crippen LogP contribution >= 0.6 is 0 Å². The molecule has 0 amide bonds. The molecule has 4 rings (SSSR count). The molecule has 0 atom stereocenters. The van der Waals surface area contributed by atoms with Crippen LogP contribution in [0.1, 0.15) is 31.9 Å². The van der Waals surface area contributed by atoms with Crippen LogP contribution in [-0.2, 0) is 16.4 Å². The molecule has 2 aromatic carbocycles. The average Bonchev–Trinajstić information content (AvgIpc) is 3.02. The van der Waals surface area contributed by atoms with E-state index in [-0.39, 0.29) is 10.7 Å². The van der Waals surface area contributed by atoms with Gasteiger partial charge in [0, 0.05) is 17.1 Å². The van der Waals surface area contributed by atoms with Crippen LogP contribution in [0.25, 0.3) is 10.9 Å². The highest BCUT2D eigenvalue weighted by Crippen LogP contribution is 2.31. The molecule has 7 heteroatoms. The summed E-state index contributed by atoms with van der Waals surface area (Å²) in [6.07, 6.45) is 1.64. The van der Waals surface area contributed by atoms with Crippen LogP contribution in [0.3, 0.4) is 0 Å². The molecule has 0 saturated heterocycles. The summed E-state index contributed by atoms with van der Waals surface area (Å²) in [5.74, 6) is 0.236. The van der Waals surface area contributed by atoms with E-state index in [1.807, 2.05) is 0 Å². The second-order valence-corrected chi connectivity index (χ2v) is 10.4. The molecular weight excluding hydrogens is 377 g/mol. The van der Waals surface area contributed by atoms with Crippen LogP contribution in [0.2, 0.25) is 0 Å². The molecule has 3 aromatic rings. The van der Waals surface area contributed by atoms with Gasteiger partial charge >= 0.3 is 0 Å². The number of rotatable bonds is 2. The Hall–Kier alpha value is -2.80. The monoisotopic (exact) mass is 397 g/mol. The SMILES string of the molecule is CC(C)(C)S(=O)(=O)c1ccc2nccc(NC3=NCc4ccc(F)cc43)c2c1. The fourth-order valence-corrected chi connectivity index (χ4v) is 4.37. The lowest BCUT2D eigenvalue weighted by Gasteiger charge is -2.20. The minimum absolute atomic E-state index is 0.239. The fraction of sp³-hybridized carbons (Fsp3) is 0.238. The zero-order valence-corrected chi connectivity index (χ0v) is 16.6. The lowest BCUT2D eigenvalue weighted by atomic mass is 10.1. The van der Waals surface area contributed by atoms with Crippen molar-refractivity contribution >= 4 is 32.3 Å². The number of aliphatic imine (C=N–C) groups is 1. The van der Waals surface area contributed by atoms with Crippen molar-refractivity contribution < 1.29 is 12.8 Å². The maximum atomic E-state index is 13.7. The van der Waals surface area contributed by atoms with Crippen molar-refractivity contribution in [3.63, 3.8) is 0 Å². The van der Waals surface area contributed by atoms with Gasteiger partial charge in [0.05, 0.1) is 27.4 Å². The van der Waals surface area contributed by atoms with E-state index in [0.29, 0.717) is 34.5 Å². The number of sulfone groups is 1. The third-order valence-corrected chi connectivity index (χ3v) is 7.30. The summed E-state index contributed by atoms with van der Waals surface area (Å²) < 4.78 is 38.4. The molecular formula is C21H20FN3O2S. The highest BCUT2D eigenvalue weighted by atomic mass is 32.2. The van der Waals surface area contributed by atoms with E-state index in [1.165, 1.54) is 12.1 Å². The summed E-state index contributed by atoms with van der Waals surface area (Å²) in [4.78, 5) is 9.02. The molecule has 0 spiro atoms. The van der Waals surface area contributed by atoms with Crippen LogP contribution in [0.15, 0.2) is 58.5 Å². The fourth-order valence-electron chi connectivity index (χ4n) is 3.15. The predicted molar refractivity (Wildman–Crippen MR) is 109 cm³/mol. The Kier molecular flexibility index (Phi) is 4.23. The van der Waals surface area contributed by atoms with E-state index in [9.17, 15) is 12.8 Å². The van der Waals surface area contributed by atoms with Crippen molar-refractivity contribution in [1.29, 1.82) is 0 Å². The van der Waals surface area contributed by atoms with Crippen LogP contribution in [0.5, 0.6) is 0 Å². The summed E-state index contributed by atoms with van der Waals surface area (Å²) in [7, 11) is -3.50. The molecule has 0 unspecified atom stereocenters. The van der Waals surface area contributed by atoms with Gasteiger partial charge in [-0.25, -0.2) is 12.8 Å². The van der Waals surface area contributed by atoms with Gasteiger partial charge in [-0.05, 0) is 62.7 Å². The summed E-state index contributed by atoms with van der Waals surface area (Å²) in [5, 5.41) is 3.90. The van der Waals surface area contributed by atoms with Crippen molar-refractivity contribution in [3.8, 4) is 0 Å². The Morgan fingerprint density at radius 2 is 1.86 bits per heavy atom. The Labute approximate surface area is 163 Å². The first-order valence-electron chi connectivity index (χ1n) is 8.90. The van der Waals surface area contributed by atoms with E-state index >= 15 is 0 Å². The zero-order valence-electron chi connectivity index (χ0n) is 15.8. The van der Waals surface area contributed by atoms with Gasteiger partial charge in [-0.1, -0.05) is 6.07 Å². The molecule has 0 bridgehead atoms.